The Morgan fingerprint density at radius 3 is 2.52 bits per heavy atom. The van der Waals surface area contributed by atoms with Crippen molar-refractivity contribution in [3.63, 3.8) is 0 Å². The van der Waals surface area contributed by atoms with Gasteiger partial charge in [-0.3, -0.25) is 4.79 Å². The van der Waals surface area contributed by atoms with Crippen LogP contribution in [0, 0.1) is 0 Å². The Hall–Kier alpha value is -2.83. The first-order chi connectivity index (χ1) is 16.1. The summed E-state index contributed by atoms with van der Waals surface area (Å²) >= 11 is 0. The van der Waals surface area contributed by atoms with Crippen molar-refractivity contribution >= 4 is 16.9 Å². The summed E-state index contributed by atoms with van der Waals surface area (Å²) in [5.74, 6) is 0.303. The highest BCUT2D eigenvalue weighted by Gasteiger charge is 2.17. The van der Waals surface area contributed by atoms with Crippen molar-refractivity contribution < 1.29 is 19.4 Å². The Bertz CT molecular complexity index is 1010. The number of benzene rings is 2. The lowest BCUT2D eigenvalue weighted by Gasteiger charge is -2.16. The van der Waals surface area contributed by atoms with Gasteiger partial charge in [0.2, 0.25) is 0 Å². The quantitative estimate of drug-likeness (QED) is 0.288. The second-order valence-corrected chi connectivity index (χ2v) is 8.32. The largest absolute Gasteiger partial charge is 0.491 e. The molecule has 0 saturated carbocycles. The first kappa shape index (κ1) is 24.8. The molecule has 0 bridgehead atoms. The number of esters is 1. The average Bonchev–Trinajstić information content (AvgIpc) is 3.21. The number of aryl methyl sites for hydroxylation is 1. The molecule has 2 aromatic carbocycles. The highest BCUT2D eigenvalue weighted by atomic mass is 16.5. The minimum atomic E-state index is -0.885. The van der Waals surface area contributed by atoms with Gasteiger partial charge in [-0.05, 0) is 61.9 Å². The maximum atomic E-state index is 11.9. The molecule has 178 valence electrons. The number of nitrogens with zero attached hydrogens (tertiary/aromatic N) is 1. The number of hydrogen-bond donors (Lipinski definition) is 2. The fourth-order valence-electron chi connectivity index (χ4n) is 3.94. The van der Waals surface area contributed by atoms with Gasteiger partial charge in [-0.1, -0.05) is 44.9 Å². The summed E-state index contributed by atoms with van der Waals surface area (Å²) in [4.78, 5) is 11.9. The number of nitrogens with one attached hydrogen (secondary N) is 1. The number of carbonyl (C=O) groups excluding carboxylic acids is 1. The SMILES string of the molecule is CCCCCn1c(-c2ccc(OCC(O)COC(=O)C(CC)NC)cc2)cc2ccccc21. The Morgan fingerprint density at radius 1 is 1.06 bits per heavy atom. The number of hydrogen-bond acceptors (Lipinski definition) is 5. The monoisotopic (exact) mass is 452 g/mol. The van der Waals surface area contributed by atoms with E-state index in [0.29, 0.717) is 12.2 Å². The summed E-state index contributed by atoms with van der Waals surface area (Å²) in [6.07, 6.45) is 3.31. The number of likely N-dealkylation sites (N-methyl/N-ethyl adjacent to an activating group) is 1. The predicted octanol–water partition coefficient (Wildman–Crippen LogP) is 4.78. The van der Waals surface area contributed by atoms with Crippen molar-refractivity contribution in [1.29, 1.82) is 0 Å². The van der Waals surface area contributed by atoms with Gasteiger partial charge < -0.3 is 24.5 Å². The summed E-state index contributed by atoms with van der Waals surface area (Å²) in [5, 5.41) is 14.2. The van der Waals surface area contributed by atoms with E-state index < -0.39 is 6.10 Å². The number of aliphatic hydroxyl groups excluding tert-OH is 1. The smallest absolute Gasteiger partial charge is 0.323 e. The zero-order chi connectivity index (χ0) is 23.6. The minimum Gasteiger partial charge on any atom is -0.491 e. The van der Waals surface area contributed by atoms with Crippen LogP contribution in [0.2, 0.25) is 0 Å². The molecule has 0 aliphatic carbocycles. The molecule has 6 heteroatoms. The Balaban J connectivity index is 1.62. The lowest BCUT2D eigenvalue weighted by atomic mass is 10.1. The van der Waals surface area contributed by atoms with Crippen LogP contribution < -0.4 is 10.1 Å². The molecule has 0 fully saturated rings. The maximum absolute atomic E-state index is 11.9. The zero-order valence-electron chi connectivity index (χ0n) is 19.9. The predicted molar refractivity (Wildman–Crippen MR) is 132 cm³/mol. The molecule has 0 aliphatic rings. The van der Waals surface area contributed by atoms with Crippen LogP contribution in [0.4, 0.5) is 0 Å². The van der Waals surface area contributed by atoms with E-state index in [0.717, 1.165) is 18.5 Å². The fourth-order valence-corrected chi connectivity index (χ4v) is 3.94. The molecule has 0 aliphatic heterocycles. The normalized spacial score (nSPS) is 13.1. The summed E-state index contributed by atoms with van der Waals surface area (Å²) in [7, 11) is 1.71. The first-order valence-electron chi connectivity index (χ1n) is 11.9. The third-order valence-electron chi connectivity index (χ3n) is 5.85. The van der Waals surface area contributed by atoms with E-state index in [2.05, 4.69) is 47.1 Å². The van der Waals surface area contributed by atoms with Crippen LogP contribution in [0.15, 0.2) is 54.6 Å². The number of ether oxygens (including phenoxy) is 2. The van der Waals surface area contributed by atoms with Crippen LogP contribution in [0.25, 0.3) is 22.2 Å². The number of aliphatic hydroxyl groups is 1. The molecule has 3 aromatic rings. The molecule has 33 heavy (non-hydrogen) atoms. The zero-order valence-corrected chi connectivity index (χ0v) is 19.9. The standard InChI is InChI=1S/C27H36N2O4/c1-4-6-9-16-29-25-11-8-7-10-21(25)17-26(29)20-12-14-23(15-13-20)32-18-22(30)19-33-27(31)24(5-2)28-3/h7-8,10-15,17,22,24,28,30H,4-6,9,16,18-19H2,1-3H3. The van der Waals surface area contributed by atoms with Gasteiger partial charge in [0.15, 0.2) is 0 Å². The van der Waals surface area contributed by atoms with Crippen molar-refractivity contribution in [2.75, 3.05) is 20.3 Å². The molecule has 0 spiro atoms. The van der Waals surface area contributed by atoms with Crippen molar-refractivity contribution in [2.45, 2.75) is 58.2 Å². The van der Waals surface area contributed by atoms with Crippen molar-refractivity contribution in [3.8, 4) is 17.0 Å². The van der Waals surface area contributed by atoms with Gasteiger partial charge in [-0.15, -0.1) is 0 Å². The second-order valence-electron chi connectivity index (χ2n) is 8.32. The summed E-state index contributed by atoms with van der Waals surface area (Å²) in [6, 6.07) is 18.3. The van der Waals surface area contributed by atoms with Gasteiger partial charge in [0.25, 0.3) is 0 Å². The van der Waals surface area contributed by atoms with Gasteiger partial charge in [0.05, 0.1) is 0 Å². The van der Waals surface area contributed by atoms with Gasteiger partial charge >= 0.3 is 5.97 Å². The molecule has 3 rings (SSSR count). The Kier molecular flexibility index (Phi) is 9.34. The van der Waals surface area contributed by atoms with Crippen LogP contribution in [-0.2, 0) is 16.1 Å². The third kappa shape index (κ3) is 6.59. The molecule has 2 atom stereocenters. The van der Waals surface area contributed by atoms with E-state index >= 15 is 0 Å². The van der Waals surface area contributed by atoms with E-state index in [1.807, 2.05) is 31.2 Å². The highest BCUT2D eigenvalue weighted by Crippen LogP contribution is 2.30. The van der Waals surface area contributed by atoms with E-state index in [1.165, 1.54) is 29.4 Å². The van der Waals surface area contributed by atoms with Crippen molar-refractivity contribution in [3.05, 3.63) is 54.6 Å². The lowest BCUT2D eigenvalue weighted by molar-refractivity contribution is -0.149. The van der Waals surface area contributed by atoms with Gasteiger partial charge in [0.1, 0.15) is 31.1 Å². The number of para-hydroxylation sites is 1. The number of carbonyl (C=O) groups is 1. The van der Waals surface area contributed by atoms with E-state index in [1.54, 1.807) is 7.05 Å². The molecule has 1 heterocycles. The topological polar surface area (TPSA) is 72.7 Å². The molecule has 2 unspecified atom stereocenters. The molecule has 2 N–H and O–H groups in total. The van der Waals surface area contributed by atoms with Crippen molar-refractivity contribution in [1.82, 2.24) is 9.88 Å². The molecular weight excluding hydrogens is 416 g/mol. The molecule has 6 nitrogen and oxygen atoms in total. The summed E-state index contributed by atoms with van der Waals surface area (Å²) in [5.41, 5.74) is 3.58. The Labute approximate surface area is 196 Å². The fraction of sp³-hybridized carbons (Fsp3) is 0.444. The van der Waals surface area contributed by atoms with Crippen LogP contribution in [-0.4, -0.2) is 48.1 Å². The molecule has 0 radical (unpaired) electrons. The van der Waals surface area contributed by atoms with Crippen LogP contribution in [0.1, 0.15) is 39.5 Å². The second kappa shape index (κ2) is 12.4. The number of fused-ring (bicyclic) bond motifs is 1. The maximum Gasteiger partial charge on any atom is 0.323 e. The number of aromatic nitrogens is 1. The first-order valence-corrected chi connectivity index (χ1v) is 11.9. The van der Waals surface area contributed by atoms with Gasteiger partial charge in [-0.2, -0.15) is 0 Å². The molecule has 0 saturated heterocycles. The van der Waals surface area contributed by atoms with Gasteiger partial charge in [0, 0.05) is 23.1 Å². The number of unbranched alkanes of at least 4 members (excludes halogenated alkanes) is 2. The minimum absolute atomic E-state index is 0.0558. The number of rotatable bonds is 13. The molecule has 0 amide bonds. The van der Waals surface area contributed by atoms with Gasteiger partial charge in [-0.25, -0.2) is 0 Å². The highest BCUT2D eigenvalue weighted by molar-refractivity contribution is 5.87. The van der Waals surface area contributed by atoms with E-state index in [9.17, 15) is 9.90 Å². The summed E-state index contributed by atoms with van der Waals surface area (Å²) < 4.78 is 13.3. The van der Waals surface area contributed by atoms with E-state index in [4.69, 9.17) is 9.47 Å². The average molecular weight is 453 g/mol. The Morgan fingerprint density at radius 2 is 1.82 bits per heavy atom. The molecule has 1 aromatic heterocycles. The van der Waals surface area contributed by atoms with Crippen LogP contribution in [0.5, 0.6) is 5.75 Å². The van der Waals surface area contributed by atoms with Crippen molar-refractivity contribution in [2.24, 2.45) is 0 Å². The van der Waals surface area contributed by atoms with Crippen LogP contribution in [0.3, 0.4) is 0 Å². The lowest BCUT2D eigenvalue weighted by Crippen LogP contribution is -2.37. The molecular formula is C27H36N2O4. The van der Waals surface area contributed by atoms with E-state index in [-0.39, 0.29) is 25.2 Å². The summed E-state index contributed by atoms with van der Waals surface area (Å²) in [6.45, 7) is 5.08. The van der Waals surface area contributed by atoms with Crippen LogP contribution >= 0.6 is 0 Å². The third-order valence-corrected chi connectivity index (χ3v) is 5.85.